The van der Waals surface area contributed by atoms with Crippen LogP contribution in [0.1, 0.15) is 53.4 Å². The van der Waals surface area contributed by atoms with Crippen LogP contribution in [0.4, 0.5) is 0 Å². The summed E-state index contributed by atoms with van der Waals surface area (Å²) in [4.78, 5) is 0. The number of hydrogen-bond donors (Lipinski definition) is 1. The molecule has 0 unspecified atom stereocenters. The second-order valence-electron chi connectivity index (χ2n) is 6.69. The van der Waals surface area contributed by atoms with Gasteiger partial charge in [0.1, 0.15) is 0 Å². The zero-order chi connectivity index (χ0) is 16.1. The van der Waals surface area contributed by atoms with Crippen LogP contribution in [0.2, 0.25) is 0 Å². The molecule has 0 amide bonds. The van der Waals surface area contributed by atoms with Crippen LogP contribution in [0.25, 0.3) is 0 Å². The third-order valence-electron chi connectivity index (χ3n) is 4.82. The molecule has 1 fully saturated rings. The maximum atomic E-state index is 12.7. The van der Waals surface area contributed by atoms with Gasteiger partial charge in [-0.3, -0.25) is 0 Å². The molecule has 0 bridgehead atoms. The molecule has 1 rings (SSSR count). The SMILES string of the molecule is CCCNCC1CCN(S(=O)(=O)N(C)C(C)(C)CC)CC1. The fraction of sp³-hybridized carbons (Fsp3) is 1.00. The quantitative estimate of drug-likeness (QED) is 0.697. The lowest BCUT2D eigenvalue weighted by atomic mass is 9.98. The predicted molar refractivity (Wildman–Crippen MR) is 88.5 cm³/mol. The van der Waals surface area contributed by atoms with Crippen LogP contribution in [-0.4, -0.2) is 55.8 Å². The molecule has 0 aromatic rings. The molecule has 0 aromatic heterocycles. The molecule has 5 nitrogen and oxygen atoms in total. The van der Waals surface area contributed by atoms with Crippen LogP contribution in [0.3, 0.4) is 0 Å². The van der Waals surface area contributed by atoms with Crippen molar-refractivity contribution >= 4 is 10.2 Å². The van der Waals surface area contributed by atoms with Gasteiger partial charge >= 0.3 is 0 Å². The highest BCUT2D eigenvalue weighted by Crippen LogP contribution is 2.26. The summed E-state index contributed by atoms with van der Waals surface area (Å²) in [7, 11) is -1.63. The van der Waals surface area contributed by atoms with Gasteiger partial charge in [-0.1, -0.05) is 13.8 Å². The topological polar surface area (TPSA) is 52.7 Å². The number of nitrogens with zero attached hydrogens (tertiary/aromatic N) is 2. The molecule has 126 valence electrons. The average Bonchev–Trinajstić information content (AvgIpc) is 2.47. The van der Waals surface area contributed by atoms with Gasteiger partial charge in [0.2, 0.25) is 0 Å². The third kappa shape index (κ3) is 4.91. The van der Waals surface area contributed by atoms with E-state index in [9.17, 15) is 8.42 Å². The molecule has 0 aromatic carbocycles. The Bertz CT molecular complexity index is 401. The molecule has 1 heterocycles. The summed E-state index contributed by atoms with van der Waals surface area (Å²) in [6.07, 6.45) is 3.86. The van der Waals surface area contributed by atoms with E-state index in [0.29, 0.717) is 19.0 Å². The Hall–Kier alpha value is -0.170. The average molecular weight is 320 g/mol. The Morgan fingerprint density at radius 1 is 1.24 bits per heavy atom. The fourth-order valence-electron chi connectivity index (χ4n) is 2.54. The van der Waals surface area contributed by atoms with Gasteiger partial charge in [-0.2, -0.15) is 17.0 Å². The van der Waals surface area contributed by atoms with Gasteiger partial charge in [0.15, 0.2) is 0 Å². The Kier molecular flexibility index (Phi) is 7.10. The normalized spacial score (nSPS) is 19.3. The highest BCUT2D eigenvalue weighted by atomic mass is 32.2. The second kappa shape index (κ2) is 7.90. The molecule has 0 atom stereocenters. The summed E-state index contributed by atoms with van der Waals surface area (Å²) in [5.74, 6) is 0.604. The summed E-state index contributed by atoms with van der Waals surface area (Å²) in [6, 6.07) is 0. The standard InChI is InChI=1S/C15H33N3O2S/c1-6-10-16-13-14-8-11-18(12-9-14)21(19,20)17(5)15(3,4)7-2/h14,16H,6-13H2,1-5H3. The smallest absolute Gasteiger partial charge is 0.282 e. The van der Waals surface area contributed by atoms with E-state index in [1.165, 1.54) is 4.31 Å². The summed E-state index contributed by atoms with van der Waals surface area (Å²) < 4.78 is 28.6. The summed E-state index contributed by atoms with van der Waals surface area (Å²) in [6.45, 7) is 11.5. The summed E-state index contributed by atoms with van der Waals surface area (Å²) in [5.41, 5.74) is -0.335. The molecule has 0 saturated carbocycles. The van der Waals surface area contributed by atoms with Crippen molar-refractivity contribution in [3.8, 4) is 0 Å². The minimum absolute atomic E-state index is 0.335. The molecule has 1 aliphatic heterocycles. The van der Waals surface area contributed by atoms with E-state index in [2.05, 4.69) is 12.2 Å². The fourth-order valence-corrected chi connectivity index (χ4v) is 4.31. The van der Waals surface area contributed by atoms with Crippen molar-refractivity contribution in [2.75, 3.05) is 33.2 Å². The van der Waals surface area contributed by atoms with Crippen LogP contribution in [0.15, 0.2) is 0 Å². The maximum Gasteiger partial charge on any atom is 0.282 e. The number of piperidine rings is 1. The molecular weight excluding hydrogens is 286 g/mol. The first-order chi connectivity index (χ1) is 9.75. The Labute approximate surface area is 131 Å². The lowest BCUT2D eigenvalue weighted by Gasteiger charge is -2.39. The van der Waals surface area contributed by atoms with E-state index in [0.717, 1.165) is 38.8 Å². The molecule has 1 aliphatic rings. The molecule has 1 N–H and O–H groups in total. The summed E-state index contributed by atoms with van der Waals surface area (Å²) in [5, 5.41) is 3.44. The van der Waals surface area contributed by atoms with Gasteiger partial charge in [-0.15, -0.1) is 0 Å². The minimum atomic E-state index is -3.33. The van der Waals surface area contributed by atoms with Crippen molar-refractivity contribution in [1.82, 2.24) is 13.9 Å². The van der Waals surface area contributed by atoms with Gasteiger partial charge in [-0.05, 0) is 58.5 Å². The van der Waals surface area contributed by atoms with Crippen molar-refractivity contribution in [2.24, 2.45) is 5.92 Å². The van der Waals surface area contributed by atoms with E-state index >= 15 is 0 Å². The molecule has 0 aliphatic carbocycles. The zero-order valence-electron chi connectivity index (χ0n) is 14.4. The van der Waals surface area contributed by atoms with Crippen LogP contribution in [0, 0.1) is 5.92 Å². The van der Waals surface area contributed by atoms with Crippen molar-refractivity contribution in [1.29, 1.82) is 0 Å². The van der Waals surface area contributed by atoms with Crippen LogP contribution < -0.4 is 5.32 Å². The monoisotopic (exact) mass is 319 g/mol. The van der Waals surface area contributed by atoms with E-state index in [1.54, 1.807) is 11.4 Å². The highest BCUT2D eigenvalue weighted by molar-refractivity contribution is 7.86. The van der Waals surface area contributed by atoms with Crippen molar-refractivity contribution in [3.63, 3.8) is 0 Å². The van der Waals surface area contributed by atoms with E-state index in [1.807, 2.05) is 20.8 Å². The van der Waals surface area contributed by atoms with Gasteiger partial charge in [-0.25, -0.2) is 0 Å². The first-order valence-electron chi connectivity index (χ1n) is 8.20. The number of rotatable bonds is 8. The van der Waals surface area contributed by atoms with Gasteiger partial charge < -0.3 is 5.32 Å². The summed E-state index contributed by atoms with van der Waals surface area (Å²) >= 11 is 0. The van der Waals surface area contributed by atoms with Crippen molar-refractivity contribution in [2.45, 2.75) is 58.9 Å². The van der Waals surface area contributed by atoms with Gasteiger partial charge in [0.25, 0.3) is 10.2 Å². The molecule has 6 heteroatoms. The zero-order valence-corrected chi connectivity index (χ0v) is 15.2. The van der Waals surface area contributed by atoms with Gasteiger partial charge in [0.05, 0.1) is 0 Å². The van der Waals surface area contributed by atoms with Crippen molar-refractivity contribution in [3.05, 3.63) is 0 Å². The van der Waals surface area contributed by atoms with Crippen LogP contribution in [-0.2, 0) is 10.2 Å². The third-order valence-corrected chi connectivity index (χ3v) is 7.03. The van der Waals surface area contributed by atoms with Crippen LogP contribution >= 0.6 is 0 Å². The van der Waals surface area contributed by atoms with Crippen molar-refractivity contribution < 1.29 is 8.42 Å². The molecule has 0 radical (unpaired) electrons. The minimum Gasteiger partial charge on any atom is -0.316 e. The molecule has 1 saturated heterocycles. The van der Waals surface area contributed by atoms with Crippen LogP contribution in [0.5, 0.6) is 0 Å². The first-order valence-corrected chi connectivity index (χ1v) is 9.60. The second-order valence-corrected chi connectivity index (χ2v) is 8.65. The Balaban J connectivity index is 2.56. The lowest BCUT2D eigenvalue weighted by Crippen LogP contribution is -2.53. The largest absolute Gasteiger partial charge is 0.316 e. The lowest BCUT2D eigenvalue weighted by molar-refractivity contribution is 0.211. The molecule has 0 spiro atoms. The number of nitrogens with one attached hydrogen (secondary N) is 1. The first kappa shape index (κ1) is 18.9. The Morgan fingerprint density at radius 3 is 2.29 bits per heavy atom. The van der Waals surface area contributed by atoms with E-state index in [-0.39, 0.29) is 5.54 Å². The number of hydrogen-bond acceptors (Lipinski definition) is 3. The molecule has 21 heavy (non-hydrogen) atoms. The van der Waals surface area contributed by atoms with Gasteiger partial charge in [0, 0.05) is 25.7 Å². The maximum absolute atomic E-state index is 12.7. The van der Waals surface area contributed by atoms with E-state index in [4.69, 9.17) is 0 Å². The highest BCUT2D eigenvalue weighted by Gasteiger charge is 2.37. The van der Waals surface area contributed by atoms with E-state index < -0.39 is 10.2 Å². The Morgan fingerprint density at radius 2 is 1.81 bits per heavy atom. The predicted octanol–water partition coefficient (Wildman–Crippen LogP) is 2.06. The molecular formula is C15H33N3O2S.